The molecule has 0 bridgehead atoms. The molecule has 0 spiro atoms. The number of rotatable bonds is 2. The van der Waals surface area contributed by atoms with Crippen LogP contribution in [0.3, 0.4) is 0 Å². The Morgan fingerprint density at radius 2 is 1.85 bits per heavy atom. The summed E-state index contributed by atoms with van der Waals surface area (Å²) in [7, 11) is 0. The van der Waals surface area contributed by atoms with Gasteiger partial charge in [0.15, 0.2) is 0 Å². The molecule has 0 aromatic rings. The maximum Gasteiger partial charge on any atom is 0.00953 e. The van der Waals surface area contributed by atoms with Crippen LogP contribution in [0.5, 0.6) is 0 Å². The topological polar surface area (TPSA) is 3.24 Å². The zero-order valence-electron chi connectivity index (χ0n) is 8.97. The predicted octanol–water partition coefficient (Wildman–Crippen LogP) is 3.05. The smallest absolute Gasteiger partial charge is 0.00953 e. The standard InChI is InChI=1S/C12H23N/c1-2-11-6-5-9-13(10-11)12-7-3-4-8-12/h11-12H,2-10H2,1H3/t11-/m0/s1. The van der Waals surface area contributed by atoms with Crippen LogP contribution in [0.1, 0.15) is 51.9 Å². The van der Waals surface area contributed by atoms with Gasteiger partial charge in [0.1, 0.15) is 0 Å². The van der Waals surface area contributed by atoms with E-state index in [-0.39, 0.29) is 0 Å². The molecule has 13 heavy (non-hydrogen) atoms. The van der Waals surface area contributed by atoms with E-state index < -0.39 is 0 Å². The van der Waals surface area contributed by atoms with E-state index in [0.717, 1.165) is 12.0 Å². The van der Waals surface area contributed by atoms with Crippen LogP contribution < -0.4 is 0 Å². The Kier molecular flexibility index (Phi) is 3.26. The zero-order valence-corrected chi connectivity index (χ0v) is 8.97. The van der Waals surface area contributed by atoms with Crippen LogP contribution >= 0.6 is 0 Å². The first kappa shape index (κ1) is 9.51. The molecule has 0 N–H and O–H groups in total. The summed E-state index contributed by atoms with van der Waals surface area (Å²) in [5.41, 5.74) is 0. The van der Waals surface area contributed by atoms with Crippen LogP contribution in [0.25, 0.3) is 0 Å². The summed E-state index contributed by atoms with van der Waals surface area (Å²) in [5.74, 6) is 1.01. The molecule has 2 fully saturated rings. The van der Waals surface area contributed by atoms with Crippen molar-refractivity contribution in [2.45, 2.75) is 57.9 Å². The van der Waals surface area contributed by atoms with Crippen LogP contribution in [0.15, 0.2) is 0 Å². The first-order valence-corrected chi connectivity index (χ1v) is 6.14. The normalized spacial score (nSPS) is 32.5. The van der Waals surface area contributed by atoms with Gasteiger partial charge in [-0.3, -0.25) is 0 Å². The van der Waals surface area contributed by atoms with E-state index in [1.807, 2.05) is 0 Å². The summed E-state index contributed by atoms with van der Waals surface area (Å²) in [4.78, 5) is 2.78. The van der Waals surface area contributed by atoms with Crippen molar-refractivity contribution in [2.75, 3.05) is 13.1 Å². The highest BCUT2D eigenvalue weighted by Crippen LogP contribution is 2.28. The van der Waals surface area contributed by atoms with Crippen LogP contribution in [0.4, 0.5) is 0 Å². The first-order valence-electron chi connectivity index (χ1n) is 6.14. The van der Waals surface area contributed by atoms with Gasteiger partial charge >= 0.3 is 0 Å². The molecule has 1 heterocycles. The van der Waals surface area contributed by atoms with Gasteiger partial charge in [0, 0.05) is 12.6 Å². The molecule has 1 aliphatic carbocycles. The van der Waals surface area contributed by atoms with E-state index >= 15 is 0 Å². The molecule has 1 nitrogen and oxygen atoms in total. The molecule has 1 saturated heterocycles. The average molecular weight is 181 g/mol. The summed E-state index contributed by atoms with van der Waals surface area (Å²) < 4.78 is 0. The van der Waals surface area contributed by atoms with Crippen LogP contribution in [-0.2, 0) is 0 Å². The summed E-state index contributed by atoms with van der Waals surface area (Å²) in [6, 6.07) is 0.967. The second kappa shape index (κ2) is 4.45. The SMILES string of the molecule is CC[C@H]1CCCN(C2CCCC2)C1. The fourth-order valence-corrected chi connectivity index (χ4v) is 3.03. The minimum absolute atomic E-state index is 0.967. The molecular formula is C12H23N. The maximum absolute atomic E-state index is 2.78. The predicted molar refractivity (Wildman–Crippen MR) is 56.8 cm³/mol. The molecule has 2 aliphatic rings. The van der Waals surface area contributed by atoms with Gasteiger partial charge in [-0.15, -0.1) is 0 Å². The summed E-state index contributed by atoms with van der Waals surface area (Å²) >= 11 is 0. The number of likely N-dealkylation sites (tertiary alicyclic amines) is 1. The van der Waals surface area contributed by atoms with Crippen LogP contribution in [-0.4, -0.2) is 24.0 Å². The lowest BCUT2D eigenvalue weighted by atomic mass is 9.94. The van der Waals surface area contributed by atoms with E-state index in [9.17, 15) is 0 Å². The fourth-order valence-electron chi connectivity index (χ4n) is 3.03. The third-order valence-corrected chi connectivity index (χ3v) is 3.97. The zero-order chi connectivity index (χ0) is 9.10. The molecule has 0 aromatic heterocycles. The highest BCUT2D eigenvalue weighted by atomic mass is 15.2. The van der Waals surface area contributed by atoms with E-state index in [2.05, 4.69) is 11.8 Å². The number of piperidine rings is 1. The van der Waals surface area contributed by atoms with Crippen LogP contribution in [0, 0.1) is 5.92 Å². The molecule has 0 amide bonds. The largest absolute Gasteiger partial charge is 0.300 e. The van der Waals surface area contributed by atoms with Crippen molar-refractivity contribution in [3.63, 3.8) is 0 Å². The number of hydrogen-bond acceptors (Lipinski definition) is 1. The molecule has 76 valence electrons. The lowest BCUT2D eigenvalue weighted by Crippen LogP contribution is -2.41. The van der Waals surface area contributed by atoms with Crippen molar-refractivity contribution < 1.29 is 0 Å². The lowest BCUT2D eigenvalue weighted by Gasteiger charge is -2.36. The Bertz CT molecular complexity index is 149. The molecule has 1 saturated carbocycles. The first-order chi connectivity index (χ1) is 6.40. The van der Waals surface area contributed by atoms with Crippen molar-refractivity contribution in [1.29, 1.82) is 0 Å². The maximum atomic E-state index is 2.78. The second-order valence-electron chi connectivity index (χ2n) is 4.85. The monoisotopic (exact) mass is 181 g/mol. The Morgan fingerprint density at radius 3 is 2.54 bits per heavy atom. The highest BCUT2D eigenvalue weighted by molar-refractivity contribution is 4.81. The van der Waals surface area contributed by atoms with Crippen molar-refractivity contribution in [3.05, 3.63) is 0 Å². The van der Waals surface area contributed by atoms with E-state index in [4.69, 9.17) is 0 Å². The minimum atomic E-state index is 0.967. The van der Waals surface area contributed by atoms with Crippen molar-refractivity contribution in [1.82, 2.24) is 4.90 Å². The highest BCUT2D eigenvalue weighted by Gasteiger charge is 2.26. The second-order valence-corrected chi connectivity index (χ2v) is 4.85. The Hall–Kier alpha value is -0.0400. The summed E-state index contributed by atoms with van der Waals surface area (Å²) in [5, 5.41) is 0. The van der Waals surface area contributed by atoms with Gasteiger partial charge in [0.2, 0.25) is 0 Å². The van der Waals surface area contributed by atoms with Gasteiger partial charge in [-0.25, -0.2) is 0 Å². The molecule has 1 atom stereocenters. The Labute approximate surface area is 82.5 Å². The molecule has 0 aromatic carbocycles. The van der Waals surface area contributed by atoms with Gasteiger partial charge in [-0.1, -0.05) is 26.2 Å². The van der Waals surface area contributed by atoms with Crippen molar-refractivity contribution in [2.24, 2.45) is 5.92 Å². The van der Waals surface area contributed by atoms with E-state index in [1.54, 1.807) is 0 Å². The molecular weight excluding hydrogens is 158 g/mol. The third-order valence-electron chi connectivity index (χ3n) is 3.97. The van der Waals surface area contributed by atoms with E-state index in [1.165, 1.54) is 58.0 Å². The van der Waals surface area contributed by atoms with Gasteiger partial charge in [-0.2, -0.15) is 0 Å². The summed E-state index contributed by atoms with van der Waals surface area (Å²) in [6.45, 7) is 5.14. The fraction of sp³-hybridized carbons (Fsp3) is 1.00. The van der Waals surface area contributed by atoms with Crippen LogP contribution in [0.2, 0.25) is 0 Å². The van der Waals surface area contributed by atoms with Crippen molar-refractivity contribution >= 4 is 0 Å². The van der Waals surface area contributed by atoms with Crippen molar-refractivity contribution in [3.8, 4) is 0 Å². The molecule has 0 radical (unpaired) electrons. The van der Waals surface area contributed by atoms with E-state index in [0.29, 0.717) is 0 Å². The molecule has 1 heteroatoms. The quantitative estimate of drug-likeness (QED) is 0.633. The minimum Gasteiger partial charge on any atom is -0.300 e. The number of nitrogens with zero attached hydrogens (tertiary/aromatic N) is 1. The molecule has 0 unspecified atom stereocenters. The summed E-state index contributed by atoms with van der Waals surface area (Å²) in [6.07, 6.45) is 10.3. The van der Waals surface area contributed by atoms with Gasteiger partial charge in [0.05, 0.1) is 0 Å². The number of hydrogen-bond donors (Lipinski definition) is 0. The lowest BCUT2D eigenvalue weighted by molar-refractivity contribution is 0.123. The van der Waals surface area contributed by atoms with Gasteiger partial charge < -0.3 is 4.90 Å². The Balaban J connectivity index is 1.84. The molecule has 1 aliphatic heterocycles. The Morgan fingerprint density at radius 1 is 1.08 bits per heavy atom. The third kappa shape index (κ3) is 2.25. The average Bonchev–Trinajstić information content (AvgIpc) is 2.71. The van der Waals surface area contributed by atoms with Gasteiger partial charge in [-0.05, 0) is 38.1 Å². The van der Waals surface area contributed by atoms with Gasteiger partial charge in [0.25, 0.3) is 0 Å². The molecule has 2 rings (SSSR count).